The molecule has 0 aliphatic heterocycles. The van der Waals surface area contributed by atoms with Gasteiger partial charge >= 0.3 is 18.1 Å². The standard InChI is InChI=1S/C40H46N4O7S/c1-39(2,3)51-38(50)44-33(23-24-42-37(49)43-34(36(47)48)27-28-19-21-32(45)22-20-28)35(46)41-25-26-52-40(29-13-7-4-8-14-29,30-15-9-5-10-16-30)31-17-11-6-12-18-31/h4-22,33-34,45H,23-27H2,1-3H3,(H,41,46)(H,44,50)(H,47,48)(H2,42,43,49)/t33-,34-/m0/s1. The second-order valence-electron chi connectivity index (χ2n) is 13.1. The summed E-state index contributed by atoms with van der Waals surface area (Å²) >= 11 is 1.68. The topological polar surface area (TPSA) is 166 Å². The van der Waals surface area contributed by atoms with Gasteiger partial charge in [-0.05, 0) is 61.6 Å². The Kier molecular flexibility index (Phi) is 14.1. The minimum atomic E-state index is -1.24. The molecule has 52 heavy (non-hydrogen) atoms. The maximum atomic E-state index is 13.5. The number of aromatic hydroxyl groups is 1. The summed E-state index contributed by atoms with van der Waals surface area (Å²) in [6.45, 7) is 5.34. The molecule has 0 radical (unpaired) electrons. The highest BCUT2D eigenvalue weighted by molar-refractivity contribution is 8.00. The Morgan fingerprint density at radius 2 is 1.21 bits per heavy atom. The number of benzene rings is 4. The van der Waals surface area contributed by atoms with E-state index in [4.69, 9.17) is 4.74 Å². The molecule has 2 atom stereocenters. The number of nitrogens with one attached hydrogen (secondary N) is 4. The Morgan fingerprint density at radius 1 is 0.692 bits per heavy atom. The van der Waals surface area contributed by atoms with Crippen LogP contribution in [0.15, 0.2) is 115 Å². The van der Waals surface area contributed by atoms with Crippen LogP contribution in [0.3, 0.4) is 0 Å². The first-order chi connectivity index (χ1) is 24.9. The molecule has 0 saturated carbocycles. The lowest BCUT2D eigenvalue weighted by molar-refractivity contribution is -0.139. The van der Waals surface area contributed by atoms with Crippen LogP contribution in [0.25, 0.3) is 0 Å². The monoisotopic (exact) mass is 726 g/mol. The van der Waals surface area contributed by atoms with E-state index in [2.05, 4.69) is 57.7 Å². The highest BCUT2D eigenvalue weighted by atomic mass is 32.2. The molecule has 0 saturated heterocycles. The third-order valence-electron chi connectivity index (χ3n) is 7.97. The van der Waals surface area contributed by atoms with E-state index in [1.165, 1.54) is 12.1 Å². The number of alkyl carbamates (subject to hydrolysis) is 1. The number of rotatable bonds is 16. The molecule has 4 amide bonds. The van der Waals surface area contributed by atoms with Crippen LogP contribution in [0.5, 0.6) is 5.75 Å². The predicted molar refractivity (Wildman–Crippen MR) is 202 cm³/mol. The fourth-order valence-electron chi connectivity index (χ4n) is 5.60. The first-order valence-electron chi connectivity index (χ1n) is 17.0. The van der Waals surface area contributed by atoms with Crippen LogP contribution >= 0.6 is 11.8 Å². The van der Waals surface area contributed by atoms with Gasteiger partial charge in [0.2, 0.25) is 5.91 Å². The molecule has 11 nitrogen and oxygen atoms in total. The molecule has 0 fully saturated rings. The zero-order chi connectivity index (χ0) is 37.6. The molecule has 6 N–H and O–H groups in total. The van der Waals surface area contributed by atoms with Crippen molar-refractivity contribution in [2.45, 2.75) is 56.0 Å². The minimum absolute atomic E-state index is 0.00330. The molecule has 0 heterocycles. The van der Waals surface area contributed by atoms with Crippen LogP contribution < -0.4 is 21.3 Å². The van der Waals surface area contributed by atoms with Crippen molar-refractivity contribution in [1.82, 2.24) is 21.3 Å². The van der Waals surface area contributed by atoms with Gasteiger partial charge in [0.15, 0.2) is 0 Å². The number of phenols is 1. The first kappa shape index (κ1) is 39.3. The van der Waals surface area contributed by atoms with Crippen molar-refractivity contribution >= 4 is 35.8 Å². The molecule has 0 unspecified atom stereocenters. The van der Waals surface area contributed by atoms with Crippen molar-refractivity contribution in [3.8, 4) is 5.75 Å². The molecule has 4 aromatic rings. The van der Waals surface area contributed by atoms with E-state index in [1.54, 1.807) is 44.7 Å². The lowest BCUT2D eigenvalue weighted by Gasteiger charge is -2.35. The van der Waals surface area contributed by atoms with Crippen LogP contribution in [0.2, 0.25) is 0 Å². The van der Waals surface area contributed by atoms with Crippen molar-refractivity contribution in [3.63, 3.8) is 0 Å². The number of aliphatic carboxylic acids is 1. The number of phenolic OH excluding ortho intramolecular Hbond substituents is 1. The van der Waals surface area contributed by atoms with Gasteiger partial charge in [0.05, 0.1) is 4.75 Å². The zero-order valence-electron chi connectivity index (χ0n) is 29.5. The van der Waals surface area contributed by atoms with E-state index in [1.807, 2.05) is 54.6 Å². The number of hydrogen-bond donors (Lipinski definition) is 6. The number of carbonyl (C=O) groups is 4. The Morgan fingerprint density at radius 3 is 1.69 bits per heavy atom. The third kappa shape index (κ3) is 11.5. The molecule has 12 heteroatoms. The summed E-state index contributed by atoms with van der Waals surface area (Å²) in [7, 11) is 0. The third-order valence-corrected chi connectivity index (χ3v) is 9.51. The number of urea groups is 1. The summed E-state index contributed by atoms with van der Waals surface area (Å²) in [6.07, 6.45) is -0.794. The fraction of sp³-hybridized carbons (Fsp3) is 0.300. The lowest BCUT2D eigenvalue weighted by atomic mass is 9.84. The fourth-order valence-corrected chi connectivity index (χ4v) is 7.01. The normalized spacial score (nSPS) is 12.5. The van der Waals surface area contributed by atoms with Crippen LogP contribution in [-0.2, 0) is 25.5 Å². The van der Waals surface area contributed by atoms with Crippen molar-refractivity contribution < 1.29 is 34.1 Å². The number of carboxylic acids is 1. The molecule has 0 bridgehead atoms. The molecule has 4 rings (SSSR count). The van der Waals surface area contributed by atoms with E-state index in [0.29, 0.717) is 11.3 Å². The van der Waals surface area contributed by atoms with Crippen LogP contribution in [0.1, 0.15) is 49.4 Å². The molecular formula is C40H46N4O7S. The number of ether oxygens (including phenoxy) is 1. The molecule has 0 spiro atoms. The summed E-state index contributed by atoms with van der Waals surface area (Å²) in [4.78, 5) is 50.8. The van der Waals surface area contributed by atoms with E-state index in [9.17, 15) is 29.4 Å². The Hall–Kier alpha value is -5.49. The maximum absolute atomic E-state index is 13.5. The van der Waals surface area contributed by atoms with Crippen molar-refractivity contribution in [3.05, 3.63) is 138 Å². The van der Waals surface area contributed by atoms with Gasteiger partial charge in [0, 0.05) is 25.3 Å². The Balaban J connectivity index is 1.42. The van der Waals surface area contributed by atoms with Gasteiger partial charge in [-0.25, -0.2) is 14.4 Å². The van der Waals surface area contributed by atoms with Crippen LogP contribution in [-0.4, -0.2) is 70.7 Å². The van der Waals surface area contributed by atoms with Crippen molar-refractivity contribution in [2.24, 2.45) is 0 Å². The van der Waals surface area contributed by atoms with Crippen LogP contribution in [0.4, 0.5) is 9.59 Å². The number of carboxylic acid groups (broad SMARTS) is 1. The number of thioether (sulfide) groups is 1. The second kappa shape index (κ2) is 18.7. The van der Waals surface area contributed by atoms with Crippen molar-refractivity contribution in [2.75, 3.05) is 18.8 Å². The van der Waals surface area contributed by atoms with Gasteiger partial charge in [-0.1, -0.05) is 103 Å². The molecule has 274 valence electrons. The SMILES string of the molecule is CC(C)(C)OC(=O)N[C@@H](CCNC(=O)N[C@@H](Cc1ccc(O)cc1)C(=O)O)C(=O)NCCSC(c1ccccc1)(c1ccccc1)c1ccccc1. The molecular weight excluding hydrogens is 681 g/mol. The van der Waals surface area contributed by atoms with Crippen LogP contribution in [0, 0.1) is 0 Å². The summed E-state index contributed by atoms with van der Waals surface area (Å²) in [5.74, 6) is -1.14. The smallest absolute Gasteiger partial charge is 0.408 e. The molecule has 0 aliphatic carbocycles. The zero-order valence-corrected chi connectivity index (χ0v) is 30.3. The van der Waals surface area contributed by atoms with E-state index >= 15 is 0 Å². The van der Waals surface area contributed by atoms with Gasteiger partial charge in [-0.15, -0.1) is 11.8 Å². The van der Waals surface area contributed by atoms with E-state index in [0.717, 1.165) is 16.7 Å². The average molecular weight is 727 g/mol. The van der Waals surface area contributed by atoms with Gasteiger partial charge < -0.3 is 36.2 Å². The Labute approximate surface area is 308 Å². The highest BCUT2D eigenvalue weighted by Gasteiger charge is 2.37. The van der Waals surface area contributed by atoms with Gasteiger partial charge in [-0.2, -0.15) is 0 Å². The first-order valence-corrected chi connectivity index (χ1v) is 18.0. The number of carbonyl (C=O) groups excluding carboxylic acids is 3. The van der Waals surface area contributed by atoms with E-state index in [-0.39, 0.29) is 31.7 Å². The van der Waals surface area contributed by atoms with Gasteiger partial charge in [0.25, 0.3) is 0 Å². The summed E-state index contributed by atoms with van der Waals surface area (Å²) in [5.41, 5.74) is 3.07. The number of hydrogen-bond acceptors (Lipinski definition) is 7. The second-order valence-corrected chi connectivity index (χ2v) is 14.4. The predicted octanol–water partition coefficient (Wildman–Crippen LogP) is 5.81. The number of amides is 4. The molecule has 0 aliphatic rings. The highest BCUT2D eigenvalue weighted by Crippen LogP contribution is 2.48. The Bertz CT molecular complexity index is 1660. The summed E-state index contributed by atoms with van der Waals surface area (Å²) < 4.78 is 4.82. The van der Waals surface area contributed by atoms with Gasteiger partial charge in [0.1, 0.15) is 23.4 Å². The summed E-state index contributed by atoms with van der Waals surface area (Å²) in [5, 5.41) is 29.7. The van der Waals surface area contributed by atoms with Gasteiger partial charge in [-0.3, -0.25) is 4.79 Å². The largest absolute Gasteiger partial charge is 0.508 e. The lowest BCUT2D eigenvalue weighted by Crippen LogP contribution is -2.51. The average Bonchev–Trinajstić information content (AvgIpc) is 3.12. The van der Waals surface area contributed by atoms with E-state index < -0.39 is 46.4 Å². The minimum Gasteiger partial charge on any atom is -0.508 e. The molecule has 0 aromatic heterocycles. The molecule has 4 aromatic carbocycles. The quantitative estimate of drug-likeness (QED) is 0.0622. The maximum Gasteiger partial charge on any atom is 0.408 e. The van der Waals surface area contributed by atoms with Crippen molar-refractivity contribution in [1.29, 1.82) is 0 Å². The summed E-state index contributed by atoms with van der Waals surface area (Å²) in [6, 6.07) is 33.5.